The number of fused-ring (bicyclic) bond motifs is 1. The monoisotopic (exact) mass is 264 g/mol. The van der Waals surface area contributed by atoms with Crippen LogP contribution in [-0.4, -0.2) is 17.3 Å². The summed E-state index contributed by atoms with van der Waals surface area (Å²) in [7, 11) is 0. The van der Waals surface area contributed by atoms with Crippen molar-refractivity contribution < 1.29 is 4.74 Å². The van der Waals surface area contributed by atoms with Crippen LogP contribution in [0.15, 0.2) is 24.4 Å². The van der Waals surface area contributed by atoms with Crippen LogP contribution in [0.2, 0.25) is 5.02 Å². The minimum Gasteiger partial charge on any atom is -0.376 e. The van der Waals surface area contributed by atoms with E-state index in [1.807, 2.05) is 18.2 Å². The molecule has 0 amide bonds. The summed E-state index contributed by atoms with van der Waals surface area (Å²) in [4.78, 5) is 0. The van der Waals surface area contributed by atoms with E-state index >= 15 is 0 Å². The Morgan fingerprint density at radius 2 is 2.33 bits per heavy atom. The molecule has 2 heterocycles. The lowest BCUT2D eigenvalue weighted by Gasteiger charge is -2.11. The molecule has 2 N–H and O–H groups in total. The van der Waals surface area contributed by atoms with E-state index in [0.29, 0.717) is 12.6 Å². The number of halogens is 1. The Morgan fingerprint density at radius 3 is 3.06 bits per heavy atom. The van der Waals surface area contributed by atoms with Crippen LogP contribution in [-0.2, 0) is 17.8 Å². The van der Waals surface area contributed by atoms with Gasteiger partial charge in [-0.2, -0.15) is 0 Å². The summed E-state index contributed by atoms with van der Waals surface area (Å²) in [6.07, 6.45) is 4.75. The highest BCUT2D eigenvalue weighted by molar-refractivity contribution is 6.31. The normalized spacial score (nSPS) is 19.8. The average Bonchev–Trinajstić information content (AvgIpc) is 2.98. The number of nitrogens with two attached hydrogens (primary N) is 1. The molecular formula is C14H17ClN2O. The number of nitrogens with zero attached hydrogens (tertiary/aromatic N) is 1. The van der Waals surface area contributed by atoms with Gasteiger partial charge in [-0.3, -0.25) is 0 Å². The van der Waals surface area contributed by atoms with E-state index in [4.69, 9.17) is 22.1 Å². The number of benzene rings is 1. The highest BCUT2D eigenvalue weighted by atomic mass is 35.5. The smallest absolute Gasteiger partial charge is 0.0754 e. The molecule has 1 aliphatic heterocycles. The summed E-state index contributed by atoms with van der Waals surface area (Å²) in [6.45, 7) is 2.32. The lowest BCUT2D eigenvalue weighted by atomic mass is 10.2. The lowest BCUT2D eigenvalue weighted by Crippen LogP contribution is -2.14. The van der Waals surface area contributed by atoms with E-state index in [0.717, 1.165) is 36.5 Å². The van der Waals surface area contributed by atoms with Gasteiger partial charge in [-0.05, 0) is 30.5 Å². The summed E-state index contributed by atoms with van der Waals surface area (Å²) < 4.78 is 7.92. The van der Waals surface area contributed by atoms with E-state index in [9.17, 15) is 0 Å². The van der Waals surface area contributed by atoms with Crippen LogP contribution in [0.3, 0.4) is 0 Å². The third kappa shape index (κ3) is 2.14. The van der Waals surface area contributed by atoms with Crippen LogP contribution in [0.4, 0.5) is 0 Å². The van der Waals surface area contributed by atoms with E-state index < -0.39 is 0 Å². The van der Waals surface area contributed by atoms with Crippen LogP contribution >= 0.6 is 11.6 Å². The largest absolute Gasteiger partial charge is 0.376 e. The molecule has 1 saturated heterocycles. The number of rotatable bonds is 3. The van der Waals surface area contributed by atoms with Crippen molar-refractivity contribution in [2.24, 2.45) is 5.73 Å². The second-order valence-electron chi connectivity index (χ2n) is 4.81. The highest BCUT2D eigenvalue weighted by Gasteiger charge is 2.17. The van der Waals surface area contributed by atoms with Gasteiger partial charge in [-0.25, -0.2) is 0 Å². The molecule has 4 heteroatoms. The Labute approximate surface area is 111 Å². The minimum atomic E-state index is 0.324. The van der Waals surface area contributed by atoms with Gasteiger partial charge in [0.1, 0.15) is 0 Å². The molecule has 1 atom stereocenters. The number of hydrogen-bond acceptors (Lipinski definition) is 2. The standard InChI is InChI=1S/C14H17ClN2O/c15-11-3-4-13-10(7-16)8-17(14(13)6-11)9-12-2-1-5-18-12/h3-4,6,8,12H,1-2,5,7,9,16H2. The molecule has 96 valence electrons. The fourth-order valence-electron chi connectivity index (χ4n) is 2.66. The van der Waals surface area contributed by atoms with Crippen molar-refractivity contribution >= 4 is 22.5 Å². The van der Waals surface area contributed by atoms with Crippen molar-refractivity contribution in [1.29, 1.82) is 0 Å². The summed E-state index contributed by atoms with van der Waals surface area (Å²) in [5.41, 5.74) is 8.12. The van der Waals surface area contributed by atoms with Crippen LogP contribution in [0.5, 0.6) is 0 Å². The SMILES string of the molecule is NCc1cn(CC2CCCO2)c2cc(Cl)ccc12. The van der Waals surface area contributed by atoms with Crippen molar-refractivity contribution in [3.63, 3.8) is 0 Å². The van der Waals surface area contributed by atoms with Crippen molar-refractivity contribution in [2.75, 3.05) is 6.61 Å². The molecule has 1 unspecified atom stereocenters. The van der Waals surface area contributed by atoms with Gasteiger partial charge in [-0.15, -0.1) is 0 Å². The molecule has 1 aromatic heterocycles. The van der Waals surface area contributed by atoms with Crippen molar-refractivity contribution in [3.05, 3.63) is 35.0 Å². The summed E-state index contributed by atoms with van der Waals surface area (Å²) in [5, 5.41) is 1.96. The molecule has 18 heavy (non-hydrogen) atoms. The molecular weight excluding hydrogens is 248 g/mol. The molecule has 1 fully saturated rings. The van der Waals surface area contributed by atoms with Crippen molar-refractivity contribution in [3.8, 4) is 0 Å². The van der Waals surface area contributed by atoms with Crippen molar-refractivity contribution in [1.82, 2.24) is 4.57 Å². The highest BCUT2D eigenvalue weighted by Crippen LogP contribution is 2.26. The fourth-order valence-corrected chi connectivity index (χ4v) is 2.83. The Balaban J connectivity index is 2.01. The van der Waals surface area contributed by atoms with E-state index in [1.165, 1.54) is 10.9 Å². The second-order valence-corrected chi connectivity index (χ2v) is 5.24. The molecule has 2 aromatic rings. The van der Waals surface area contributed by atoms with Gasteiger partial charge in [0.25, 0.3) is 0 Å². The topological polar surface area (TPSA) is 40.2 Å². The zero-order chi connectivity index (χ0) is 12.5. The Morgan fingerprint density at radius 1 is 1.44 bits per heavy atom. The fraction of sp³-hybridized carbons (Fsp3) is 0.429. The zero-order valence-electron chi connectivity index (χ0n) is 10.2. The van der Waals surface area contributed by atoms with Gasteiger partial charge < -0.3 is 15.0 Å². The average molecular weight is 265 g/mol. The molecule has 0 spiro atoms. The summed E-state index contributed by atoms with van der Waals surface area (Å²) in [5.74, 6) is 0. The van der Waals surface area contributed by atoms with Crippen LogP contribution in [0.25, 0.3) is 10.9 Å². The molecule has 0 aliphatic carbocycles. The van der Waals surface area contributed by atoms with Gasteiger partial charge in [-0.1, -0.05) is 17.7 Å². The van der Waals surface area contributed by atoms with Gasteiger partial charge in [0.2, 0.25) is 0 Å². The molecule has 0 saturated carbocycles. The summed E-state index contributed by atoms with van der Waals surface area (Å²) >= 11 is 6.08. The molecule has 0 radical (unpaired) electrons. The van der Waals surface area contributed by atoms with E-state index in [1.54, 1.807) is 0 Å². The van der Waals surface area contributed by atoms with Crippen molar-refractivity contribution in [2.45, 2.75) is 32.0 Å². The number of aromatic nitrogens is 1. The number of ether oxygens (including phenoxy) is 1. The first-order valence-corrected chi connectivity index (χ1v) is 6.74. The third-order valence-corrected chi connectivity index (χ3v) is 3.81. The van der Waals surface area contributed by atoms with Crippen LogP contribution < -0.4 is 5.73 Å². The van der Waals surface area contributed by atoms with Crippen LogP contribution in [0.1, 0.15) is 18.4 Å². The Hall–Kier alpha value is -1.03. The van der Waals surface area contributed by atoms with Gasteiger partial charge in [0, 0.05) is 41.8 Å². The van der Waals surface area contributed by atoms with E-state index in [2.05, 4.69) is 10.8 Å². The van der Waals surface area contributed by atoms with Gasteiger partial charge >= 0.3 is 0 Å². The van der Waals surface area contributed by atoms with Gasteiger partial charge in [0.15, 0.2) is 0 Å². The van der Waals surface area contributed by atoms with Crippen LogP contribution in [0, 0.1) is 0 Å². The maximum Gasteiger partial charge on any atom is 0.0754 e. The molecule has 1 aliphatic rings. The lowest BCUT2D eigenvalue weighted by molar-refractivity contribution is 0.0980. The minimum absolute atomic E-state index is 0.324. The number of hydrogen-bond donors (Lipinski definition) is 1. The Bertz CT molecular complexity index is 558. The third-order valence-electron chi connectivity index (χ3n) is 3.57. The quantitative estimate of drug-likeness (QED) is 0.926. The zero-order valence-corrected chi connectivity index (χ0v) is 11.0. The van der Waals surface area contributed by atoms with Gasteiger partial charge in [0.05, 0.1) is 6.10 Å². The Kier molecular flexibility index (Phi) is 3.29. The maximum atomic E-state index is 6.08. The first kappa shape index (κ1) is 12.0. The first-order valence-electron chi connectivity index (χ1n) is 6.37. The molecule has 3 rings (SSSR count). The molecule has 0 bridgehead atoms. The predicted molar refractivity (Wildman–Crippen MR) is 73.8 cm³/mol. The first-order chi connectivity index (χ1) is 8.78. The van der Waals surface area contributed by atoms with E-state index in [-0.39, 0.29) is 0 Å². The maximum absolute atomic E-state index is 6.08. The second kappa shape index (κ2) is 4.92. The summed E-state index contributed by atoms with van der Waals surface area (Å²) in [6, 6.07) is 5.97. The molecule has 3 nitrogen and oxygen atoms in total. The molecule has 1 aromatic carbocycles. The predicted octanol–water partition coefficient (Wildman–Crippen LogP) is 2.93.